The fourth-order valence-corrected chi connectivity index (χ4v) is 2.91. The average molecular weight is 226 g/mol. The molecule has 0 spiro atoms. The maximum Gasteiger partial charge on any atom is 0.307 e. The number of piperazine rings is 1. The summed E-state index contributed by atoms with van der Waals surface area (Å²) in [6.45, 7) is 8.29. The Labute approximate surface area is 97.2 Å². The lowest BCUT2D eigenvalue weighted by Crippen LogP contribution is -2.54. The van der Waals surface area contributed by atoms with Crippen LogP contribution in [0.4, 0.5) is 0 Å². The van der Waals surface area contributed by atoms with Gasteiger partial charge in [-0.15, -0.1) is 0 Å². The molecule has 1 N–H and O–H groups in total. The Kier molecular flexibility index (Phi) is 3.50. The molecule has 4 nitrogen and oxygen atoms in total. The molecule has 16 heavy (non-hydrogen) atoms. The Morgan fingerprint density at radius 2 is 2.06 bits per heavy atom. The molecule has 0 aromatic rings. The molecule has 2 rings (SSSR count). The van der Waals surface area contributed by atoms with Crippen LogP contribution in [0.2, 0.25) is 0 Å². The van der Waals surface area contributed by atoms with E-state index in [1.54, 1.807) is 0 Å². The zero-order valence-electron chi connectivity index (χ0n) is 10.2. The maximum absolute atomic E-state index is 11.0. The summed E-state index contributed by atoms with van der Waals surface area (Å²) in [7, 11) is 0. The molecule has 0 bridgehead atoms. The summed E-state index contributed by atoms with van der Waals surface area (Å²) in [5.41, 5.74) is 0. The summed E-state index contributed by atoms with van der Waals surface area (Å²) < 4.78 is 0. The zero-order valence-corrected chi connectivity index (χ0v) is 10.2. The predicted molar refractivity (Wildman–Crippen MR) is 62.4 cm³/mol. The molecule has 0 aromatic heterocycles. The SMILES string of the molecule is CC(C(=O)O)C(C)N1CCN2CCCC2C1. The van der Waals surface area contributed by atoms with Gasteiger partial charge in [-0.1, -0.05) is 6.92 Å². The molecule has 0 radical (unpaired) electrons. The van der Waals surface area contributed by atoms with E-state index >= 15 is 0 Å². The topological polar surface area (TPSA) is 43.8 Å². The molecule has 0 aliphatic carbocycles. The number of rotatable bonds is 3. The molecule has 2 aliphatic rings. The summed E-state index contributed by atoms with van der Waals surface area (Å²) in [6.07, 6.45) is 2.59. The van der Waals surface area contributed by atoms with Crippen molar-refractivity contribution in [2.45, 2.75) is 38.8 Å². The van der Waals surface area contributed by atoms with Crippen LogP contribution in [0.15, 0.2) is 0 Å². The number of carboxylic acid groups (broad SMARTS) is 1. The Morgan fingerprint density at radius 1 is 1.31 bits per heavy atom. The van der Waals surface area contributed by atoms with Crippen molar-refractivity contribution in [1.29, 1.82) is 0 Å². The van der Waals surface area contributed by atoms with Crippen LogP contribution in [-0.4, -0.2) is 59.1 Å². The highest BCUT2D eigenvalue weighted by molar-refractivity contribution is 5.70. The molecule has 0 aromatic carbocycles. The Balaban J connectivity index is 1.93. The number of hydrogen-bond donors (Lipinski definition) is 1. The second kappa shape index (κ2) is 4.72. The van der Waals surface area contributed by atoms with Crippen molar-refractivity contribution in [2.75, 3.05) is 26.2 Å². The Bertz CT molecular complexity index is 270. The summed E-state index contributed by atoms with van der Waals surface area (Å²) in [6, 6.07) is 0.831. The van der Waals surface area contributed by atoms with Gasteiger partial charge < -0.3 is 5.11 Å². The Hall–Kier alpha value is -0.610. The first-order chi connectivity index (χ1) is 7.59. The van der Waals surface area contributed by atoms with E-state index in [0.29, 0.717) is 6.04 Å². The van der Waals surface area contributed by atoms with E-state index in [1.165, 1.54) is 19.4 Å². The highest BCUT2D eigenvalue weighted by Crippen LogP contribution is 2.24. The van der Waals surface area contributed by atoms with Crippen LogP contribution in [0, 0.1) is 5.92 Å². The largest absolute Gasteiger partial charge is 0.481 e. The Morgan fingerprint density at radius 3 is 2.75 bits per heavy atom. The van der Waals surface area contributed by atoms with Crippen LogP contribution in [0.25, 0.3) is 0 Å². The molecule has 0 saturated carbocycles. The minimum Gasteiger partial charge on any atom is -0.481 e. The van der Waals surface area contributed by atoms with E-state index in [9.17, 15) is 4.79 Å². The third-order valence-electron chi connectivity index (χ3n) is 4.31. The van der Waals surface area contributed by atoms with E-state index in [0.717, 1.165) is 19.6 Å². The van der Waals surface area contributed by atoms with Gasteiger partial charge in [0.25, 0.3) is 0 Å². The number of aliphatic carboxylic acids is 1. The van der Waals surface area contributed by atoms with Gasteiger partial charge in [0.2, 0.25) is 0 Å². The first-order valence-electron chi connectivity index (χ1n) is 6.30. The van der Waals surface area contributed by atoms with Crippen LogP contribution in [-0.2, 0) is 4.79 Å². The number of fused-ring (bicyclic) bond motifs is 1. The number of carbonyl (C=O) groups is 1. The average Bonchev–Trinajstić information content (AvgIpc) is 2.73. The molecular weight excluding hydrogens is 204 g/mol. The van der Waals surface area contributed by atoms with Gasteiger partial charge in [0.15, 0.2) is 0 Å². The predicted octanol–water partition coefficient (Wildman–Crippen LogP) is 0.876. The van der Waals surface area contributed by atoms with Gasteiger partial charge in [-0.25, -0.2) is 0 Å². The van der Waals surface area contributed by atoms with Crippen molar-refractivity contribution in [3.05, 3.63) is 0 Å². The second-order valence-corrected chi connectivity index (χ2v) is 5.19. The normalized spacial score (nSPS) is 31.0. The molecule has 2 fully saturated rings. The summed E-state index contributed by atoms with van der Waals surface area (Å²) in [5.74, 6) is -0.950. The monoisotopic (exact) mass is 226 g/mol. The van der Waals surface area contributed by atoms with Crippen molar-refractivity contribution in [1.82, 2.24) is 9.80 Å². The first-order valence-corrected chi connectivity index (χ1v) is 6.30. The van der Waals surface area contributed by atoms with Gasteiger partial charge in [-0.05, 0) is 26.3 Å². The lowest BCUT2D eigenvalue weighted by molar-refractivity contribution is -0.143. The van der Waals surface area contributed by atoms with Gasteiger partial charge in [-0.2, -0.15) is 0 Å². The van der Waals surface area contributed by atoms with Crippen molar-refractivity contribution < 1.29 is 9.90 Å². The van der Waals surface area contributed by atoms with Gasteiger partial charge in [0.05, 0.1) is 5.92 Å². The summed E-state index contributed by atoms with van der Waals surface area (Å²) in [5, 5.41) is 9.03. The van der Waals surface area contributed by atoms with Crippen LogP contribution in [0.3, 0.4) is 0 Å². The molecule has 4 heteroatoms. The van der Waals surface area contributed by atoms with Crippen molar-refractivity contribution in [2.24, 2.45) is 5.92 Å². The molecule has 0 amide bonds. The van der Waals surface area contributed by atoms with Crippen LogP contribution >= 0.6 is 0 Å². The molecule has 3 atom stereocenters. The standard InChI is InChI=1S/C12H22N2O2/c1-9(12(15)16)10(2)14-7-6-13-5-3-4-11(13)8-14/h9-11H,3-8H2,1-2H3,(H,15,16). The number of nitrogens with zero attached hydrogens (tertiary/aromatic N) is 2. The zero-order chi connectivity index (χ0) is 11.7. The van der Waals surface area contributed by atoms with E-state index in [2.05, 4.69) is 9.80 Å². The molecule has 2 saturated heterocycles. The number of hydrogen-bond acceptors (Lipinski definition) is 3. The fraction of sp³-hybridized carbons (Fsp3) is 0.917. The van der Waals surface area contributed by atoms with Crippen molar-refractivity contribution in [3.8, 4) is 0 Å². The van der Waals surface area contributed by atoms with Gasteiger partial charge in [0.1, 0.15) is 0 Å². The highest BCUT2D eigenvalue weighted by atomic mass is 16.4. The summed E-state index contributed by atoms with van der Waals surface area (Å²) >= 11 is 0. The molecule has 92 valence electrons. The third-order valence-corrected chi connectivity index (χ3v) is 4.31. The smallest absolute Gasteiger partial charge is 0.307 e. The maximum atomic E-state index is 11.0. The molecule has 2 aliphatic heterocycles. The van der Waals surface area contributed by atoms with Crippen molar-refractivity contribution >= 4 is 5.97 Å². The molecule has 3 unspecified atom stereocenters. The fourth-order valence-electron chi connectivity index (χ4n) is 2.91. The third kappa shape index (κ3) is 2.23. The second-order valence-electron chi connectivity index (χ2n) is 5.19. The van der Waals surface area contributed by atoms with Crippen LogP contribution in [0.5, 0.6) is 0 Å². The lowest BCUT2D eigenvalue weighted by Gasteiger charge is -2.41. The van der Waals surface area contributed by atoms with E-state index in [4.69, 9.17) is 5.11 Å². The van der Waals surface area contributed by atoms with Crippen LogP contribution in [0.1, 0.15) is 26.7 Å². The molecular formula is C12H22N2O2. The van der Waals surface area contributed by atoms with E-state index in [1.807, 2.05) is 13.8 Å². The van der Waals surface area contributed by atoms with Crippen LogP contribution < -0.4 is 0 Å². The van der Waals surface area contributed by atoms with Crippen molar-refractivity contribution in [3.63, 3.8) is 0 Å². The minimum atomic E-state index is -0.679. The summed E-state index contributed by atoms with van der Waals surface area (Å²) in [4.78, 5) is 15.9. The van der Waals surface area contributed by atoms with E-state index in [-0.39, 0.29) is 12.0 Å². The molecule has 2 heterocycles. The van der Waals surface area contributed by atoms with Gasteiger partial charge in [-0.3, -0.25) is 14.6 Å². The first kappa shape index (κ1) is 11.9. The number of carboxylic acids is 1. The quantitative estimate of drug-likeness (QED) is 0.775. The van der Waals surface area contributed by atoms with E-state index < -0.39 is 5.97 Å². The van der Waals surface area contributed by atoms with Gasteiger partial charge in [0, 0.05) is 31.7 Å². The minimum absolute atomic E-state index is 0.153. The van der Waals surface area contributed by atoms with Gasteiger partial charge >= 0.3 is 5.97 Å². The highest BCUT2D eigenvalue weighted by Gasteiger charge is 2.34. The lowest BCUT2D eigenvalue weighted by atomic mass is 10.0.